The van der Waals surface area contributed by atoms with Crippen LogP contribution < -0.4 is 0 Å². The van der Waals surface area contributed by atoms with Crippen molar-refractivity contribution in [3.8, 4) is 0 Å². The van der Waals surface area contributed by atoms with E-state index in [1.54, 1.807) is 0 Å². The van der Waals surface area contributed by atoms with Crippen molar-refractivity contribution < 1.29 is 5.11 Å². The van der Waals surface area contributed by atoms with Gasteiger partial charge in [-0.3, -0.25) is 4.90 Å². The number of halogens is 1. The van der Waals surface area contributed by atoms with E-state index in [2.05, 4.69) is 11.9 Å². The Morgan fingerprint density at radius 2 is 1.89 bits per heavy atom. The van der Waals surface area contributed by atoms with Crippen LogP contribution in [0.3, 0.4) is 0 Å². The van der Waals surface area contributed by atoms with E-state index in [0.717, 1.165) is 30.5 Å². The summed E-state index contributed by atoms with van der Waals surface area (Å²) in [6, 6.07) is 7.92. The van der Waals surface area contributed by atoms with Crippen molar-refractivity contribution in [3.63, 3.8) is 0 Å². The number of rotatable bonds is 6. The van der Waals surface area contributed by atoms with Gasteiger partial charge in [0.1, 0.15) is 0 Å². The normalized spacial score (nSPS) is 18.1. The van der Waals surface area contributed by atoms with Crippen LogP contribution in [-0.4, -0.2) is 29.7 Å². The Balaban J connectivity index is 1.73. The fourth-order valence-corrected chi connectivity index (χ4v) is 3.16. The van der Waals surface area contributed by atoms with Crippen LogP contribution in [0.2, 0.25) is 5.02 Å². The molecule has 106 valence electrons. The number of benzene rings is 1. The maximum Gasteiger partial charge on any atom is 0.0669 e. The number of hydrogen-bond acceptors (Lipinski definition) is 2. The molecule has 0 aliphatic heterocycles. The van der Waals surface area contributed by atoms with Crippen LogP contribution >= 0.6 is 11.6 Å². The molecule has 2 nitrogen and oxygen atoms in total. The summed E-state index contributed by atoms with van der Waals surface area (Å²) in [5, 5.41) is 10.9. The van der Waals surface area contributed by atoms with E-state index in [-0.39, 0.29) is 6.10 Å². The van der Waals surface area contributed by atoms with E-state index in [1.807, 2.05) is 24.3 Å². The first-order chi connectivity index (χ1) is 9.13. The van der Waals surface area contributed by atoms with Crippen molar-refractivity contribution in [3.05, 3.63) is 34.9 Å². The third-order valence-corrected chi connectivity index (χ3v) is 4.22. The van der Waals surface area contributed by atoms with Crippen LogP contribution in [0.4, 0.5) is 0 Å². The molecule has 0 spiro atoms. The fraction of sp³-hybridized carbons (Fsp3) is 0.625. The molecular weight excluding hydrogens is 258 g/mol. The first-order valence-electron chi connectivity index (χ1n) is 7.24. The van der Waals surface area contributed by atoms with Gasteiger partial charge in [0.2, 0.25) is 0 Å². The summed E-state index contributed by atoms with van der Waals surface area (Å²) in [5.41, 5.74) is 1.24. The molecule has 1 unspecified atom stereocenters. The van der Waals surface area contributed by atoms with Crippen molar-refractivity contribution in [2.75, 3.05) is 13.6 Å². The molecule has 1 atom stereocenters. The minimum absolute atomic E-state index is 0.194. The number of nitrogens with zero attached hydrogens (tertiary/aromatic N) is 1. The number of hydrogen-bond donors (Lipinski definition) is 1. The van der Waals surface area contributed by atoms with Gasteiger partial charge in [0.05, 0.1) is 6.10 Å². The van der Waals surface area contributed by atoms with E-state index < -0.39 is 0 Å². The fourth-order valence-electron chi connectivity index (χ4n) is 3.03. The second-order valence-corrected chi connectivity index (χ2v) is 6.30. The smallest absolute Gasteiger partial charge is 0.0669 e. The second-order valence-electron chi connectivity index (χ2n) is 5.86. The van der Waals surface area contributed by atoms with Gasteiger partial charge in [-0.05, 0) is 37.1 Å². The van der Waals surface area contributed by atoms with Crippen molar-refractivity contribution in [1.29, 1.82) is 0 Å². The first kappa shape index (κ1) is 14.8. The van der Waals surface area contributed by atoms with Gasteiger partial charge in [-0.1, -0.05) is 49.4 Å². The van der Waals surface area contributed by atoms with E-state index in [4.69, 9.17) is 11.6 Å². The molecule has 0 heterocycles. The molecule has 2 rings (SSSR count). The lowest BCUT2D eigenvalue weighted by Crippen LogP contribution is -2.30. The Kier molecular flexibility index (Phi) is 5.68. The van der Waals surface area contributed by atoms with E-state index in [0.29, 0.717) is 0 Å². The number of likely N-dealkylation sites (N-methyl/N-ethyl adjacent to an activating group) is 1. The van der Waals surface area contributed by atoms with E-state index in [9.17, 15) is 5.11 Å². The van der Waals surface area contributed by atoms with Crippen LogP contribution in [0.25, 0.3) is 0 Å². The van der Waals surface area contributed by atoms with Crippen LogP contribution in [0.1, 0.15) is 37.7 Å². The van der Waals surface area contributed by atoms with Crippen molar-refractivity contribution >= 4 is 11.6 Å². The van der Waals surface area contributed by atoms with Gasteiger partial charge in [0.15, 0.2) is 0 Å². The van der Waals surface area contributed by atoms with Crippen LogP contribution in [-0.2, 0) is 6.54 Å². The number of aliphatic hydroxyl groups is 1. The third kappa shape index (κ3) is 5.13. The zero-order valence-corrected chi connectivity index (χ0v) is 12.4. The molecule has 1 saturated carbocycles. The van der Waals surface area contributed by atoms with Gasteiger partial charge in [-0.15, -0.1) is 0 Å². The highest BCUT2D eigenvalue weighted by molar-refractivity contribution is 6.30. The van der Waals surface area contributed by atoms with Crippen LogP contribution in [0.15, 0.2) is 24.3 Å². The monoisotopic (exact) mass is 281 g/mol. The van der Waals surface area contributed by atoms with Gasteiger partial charge in [0.25, 0.3) is 0 Å². The Morgan fingerprint density at radius 1 is 1.26 bits per heavy atom. The molecule has 1 fully saturated rings. The third-order valence-electron chi connectivity index (χ3n) is 3.97. The van der Waals surface area contributed by atoms with Crippen LogP contribution in [0, 0.1) is 5.92 Å². The Hall–Kier alpha value is -0.570. The zero-order valence-electron chi connectivity index (χ0n) is 11.7. The SMILES string of the molecule is CN(Cc1ccc(Cl)cc1)CC(O)CC1CCCC1. The van der Waals surface area contributed by atoms with Crippen LogP contribution in [0.5, 0.6) is 0 Å². The van der Waals surface area contributed by atoms with Gasteiger partial charge < -0.3 is 5.11 Å². The first-order valence-corrected chi connectivity index (χ1v) is 7.62. The second kappa shape index (κ2) is 7.28. The molecule has 1 aliphatic rings. The molecule has 3 heteroatoms. The topological polar surface area (TPSA) is 23.5 Å². The summed E-state index contributed by atoms with van der Waals surface area (Å²) in [7, 11) is 2.06. The molecule has 0 aromatic heterocycles. The molecule has 0 saturated heterocycles. The molecule has 1 aromatic rings. The Labute approximate surface area is 121 Å². The molecular formula is C16H24ClNO. The predicted molar refractivity (Wildman–Crippen MR) is 80.4 cm³/mol. The highest BCUT2D eigenvalue weighted by atomic mass is 35.5. The Morgan fingerprint density at radius 3 is 2.53 bits per heavy atom. The average molecular weight is 282 g/mol. The summed E-state index contributed by atoms with van der Waals surface area (Å²) >= 11 is 5.87. The lowest BCUT2D eigenvalue weighted by molar-refractivity contribution is 0.0994. The lowest BCUT2D eigenvalue weighted by Gasteiger charge is -2.22. The van der Waals surface area contributed by atoms with Gasteiger partial charge in [-0.25, -0.2) is 0 Å². The predicted octanol–water partition coefficient (Wildman–Crippen LogP) is 3.71. The van der Waals surface area contributed by atoms with Crippen molar-refractivity contribution in [2.45, 2.75) is 44.8 Å². The van der Waals surface area contributed by atoms with Gasteiger partial charge in [-0.2, -0.15) is 0 Å². The lowest BCUT2D eigenvalue weighted by atomic mass is 10.00. The molecule has 19 heavy (non-hydrogen) atoms. The van der Waals surface area contributed by atoms with Gasteiger partial charge in [0, 0.05) is 18.1 Å². The van der Waals surface area contributed by atoms with Crippen molar-refractivity contribution in [2.24, 2.45) is 5.92 Å². The molecule has 1 N–H and O–H groups in total. The summed E-state index contributed by atoms with van der Waals surface area (Å²) in [5.74, 6) is 0.749. The summed E-state index contributed by atoms with van der Waals surface area (Å²) in [6.07, 6.45) is 6.07. The summed E-state index contributed by atoms with van der Waals surface area (Å²) in [6.45, 7) is 1.61. The van der Waals surface area contributed by atoms with E-state index in [1.165, 1.54) is 31.2 Å². The van der Waals surface area contributed by atoms with Crippen molar-refractivity contribution in [1.82, 2.24) is 4.90 Å². The minimum Gasteiger partial charge on any atom is -0.392 e. The molecule has 0 radical (unpaired) electrons. The zero-order chi connectivity index (χ0) is 13.7. The van der Waals surface area contributed by atoms with Gasteiger partial charge >= 0.3 is 0 Å². The summed E-state index contributed by atoms with van der Waals surface area (Å²) < 4.78 is 0. The largest absolute Gasteiger partial charge is 0.392 e. The minimum atomic E-state index is -0.194. The molecule has 1 aromatic carbocycles. The highest BCUT2D eigenvalue weighted by Crippen LogP contribution is 2.28. The Bertz CT molecular complexity index is 373. The maximum absolute atomic E-state index is 10.1. The molecule has 1 aliphatic carbocycles. The summed E-state index contributed by atoms with van der Waals surface area (Å²) in [4.78, 5) is 2.18. The maximum atomic E-state index is 10.1. The van der Waals surface area contributed by atoms with E-state index >= 15 is 0 Å². The molecule has 0 bridgehead atoms. The average Bonchev–Trinajstić information content (AvgIpc) is 2.84. The highest BCUT2D eigenvalue weighted by Gasteiger charge is 2.19. The molecule has 0 amide bonds. The standard InChI is InChI=1S/C16H24ClNO/c1-18(11-14-6-8-15(17)9-7-14)12-16(19)10-13-4-2-3-5-13/h6-9,13,16,19H,2-5,10-12H2,1H3. The number of aliphatic hydroxyl groups excluding tert-OH is 1. The quantitative estimate of drug-likeness (QED) is 0.859.